The van der Waals surface area contributed by atoms with Crippen LogP contribution in [0.1, 0.15) is 62.4 Å². The van der Waals surface area contributed by atoms with Gasteiger partial charge in [-0.2, -0.15) is 0 Å². The van der Waals surface area contributed by atoms with Crippen LogP contribution in [0.3, 0.4) is 0 Å². The van der Waals surface area contributed by atoms with Gasteiger partial charge in [-0.15, -0.1) is 0 Å². The Hall–Kier alpha value is -2.43. The molecule has 26 heavy (non-hydrogen) atoms. The zero-order valence-corrected chi connectivity index (χ0v) is 15.7. The van der Waals surface area contributed by atoms with Crippen LogP contribution in [0.2, 0.25) is 0 Å². The van der Waals surface area contributed by atoms with E-state index in [2.05, 4.69) is 36.1 Å². The molecular formula is C21H27N3O2. The molecule has 1 aliphatic carbocycles. The summed E-state index contributed by atoms with van der Waals surface area (Å²) in [6.07, 6.45) is 7.08. The van der Waals surface area contributed by atoms with Gasteiger partial charge in [-0.1, -0.05) is 32.9 Å². The molecule has 1 amide bonds. The molecule has 2 aromatic rings. The molecule has 1 saturated carbocycles. The fourth-order valence-corrected chi connectivity index (χ4v) is 3.21. The highest BCUT2D eigenvalue weighted by Crippen LogP contribution is 2.24. The second-order valence-electron chi connectivity index (χ2n) is 7.92. The van der Waals surface area contributed by atoms with Crippen molar-refractivity contribution in [3.8, 4) is 6.01 Å². The van der Waals surface area contributed by atoms with Crippen molar-refractivity contribution in [3.63, 3.8) is 0 Å². The second kappa shape index (κ2) is 7.85. The molecule has 0 aliphatic heterocycles. The molecule has 0 spiro atoms. The molecule has 0 bridgehead atoms. The first-order chi connectivity index (χ1) is 12.4. The van der Waals surface area contributed by atoms with Crippen LogP contribution >= 0.6 is 0 Å². The highest BCUT2D eigenvalue weighted by atomic mass is 16.5. The fourth-order valence-electron chi connectivity index (χ4n) is 3.21. The Balaban J connectivity index is 1.49. The summed E-state index contributed by atoms with van der Waals surface area (Å²) in [5, 5.41) is 3.15. The first kappa shape index (κ1) is 18.4. The first-order valence-electron chi connectivity index (χ1n) is 9.27. The Morgan fingerprint density at radius 3 is 2.23 bits per heavy atom. The summed E-state index contributed by atoms with van der Waals surface area (Å²) < 4.78 is 5.80. The van der Waals surface area contributed by atoms with Crippen molar-refractivity contribution >= 4 is 5.91 Å². The van der Waals surface area contributed by atoms with Crippen molar-refractivity contribution in [2.24, 2.45) is 0 Å². The summed E-state index contributed by atoms with van der Waals surface area (Å²) in [5.74, 6) is 0.00113. The van der Waals surface area contributed by atoms with E-state index in [0.717, 1.165) is 25.7 Å². The Labute approximate surface area is 155 Å². The average Bonchev–Trinajstić information content (AvgIpc) is 2.63. The van der Waals surface area contributed by atoms with Gasteiger partial charge in [-0.3, -0.25) is 4.79 Å². The van der Waals surface area contributed by atoms with E-state index in [9.17, 15) is 4.79 Å². The molecular weight excluding hydrogens is 326 g/mol. The number of rotatable bonds is 4. The summed E-state index contributed by atoms with van der Waals surface area (Å²) in [5.41, 5.74) is 2.04. The summed E-state index contributed by atoms with van der Waals surface area (Å²) in [7, 11) is 0. The van der Waals surface area contributed by atoms with Gasteiger partial charge < -0.3 is 10.1 Å². The molecule has 1 N–H and O–H groups in total. The van der Waals surface area contributed by atoms with Gasteiger partial charge in [0.2, 0.25) is 0 Å². The normalized spacial score (nSPS) is 20.4. The van der Waals surface area contributed by atoms with Gasteiger partial charge in [-0.05, 0) is 54.9 Å². The van der Waals surface area contributed by atoms with E-state index < -0.39 is 0 Å². The minimum Gasteiger partial charge on any atom is -0.460 e. The SMILES string of the molecule is CC(C)(C)c1ccc(C(=O)NC2CCC(Oc3ncccn3)CC2)cc1. The number of carbonyl (C=O) groups is 1. The number of benzene rings is 1. The van der Waals surface area contributed by atoms with Crippen LogP contribution in [-0.2, 0) is 5.41 Å². The van der Waals surface area contributed by atoms with Crippen LogP contribution in [0.5, 0.6) is 6.01 Å². The third-order valence-corrected chi connectivity index (χ3v) is 4.84. The van der Waals surface area contributed by atoms with Crippen molar-refractivity contribution in [1.29, 1.82) is 0 Å². The van der Waals surface area contributed by atoms with Gasteiger partial charge in [0.15, 0.2) is 0 Å². The number of nitrogens with one attached hydrogen (secondary N) is 1. The maximum Gasteiger partial charge on any atom is 0.316 e. The number of nitrogens with zero attached hydrogens (tertiary/aromatic N) is 2. The summed E-state index contributed by atoms with van der Waals surface area (Å²) in [6.45, 7) is 6.51. The Morgan fingerprint density at radius 1 is 1.04 bits per heavy atom. The number of carbonyl (C=O) groups excluding carboxylic acids is 1. The molecule has 5 nitrogen and oxygen atoms in total. The molecule has 1 fully saturated rings. The third-order valence-electron chi connectivity index (χ3n) is 4.84. The molecule has 0 saturated heterocycles. The largest absolute Gasteiger partial charge is 0.460 e. The lowest BCUT2D eigenvalue weighted by Crippen LogP contribution is -2.39. The fraction of sp³-hybridized carbons (Fsp3) is 0.476. The molecule has 138 valence electrons. The predicted octanol–water partition coefficient (Wildman–Crippen LogP) is 3.89. The van der Waals surface area contributed by atoms with E-state index in [1.54, 1.807) is 18.5 Å². The lowest BCUT2D eigenvalue weighted by Gasteiger charge is -2.29. The molecule has 0 atom stereocenters. The van der Waals surface area contributed by atoms with Gasteiger partial charge in [0.25, 0.3) is 5.91 Å². The topological polar surface area (TPSA) is 64.1 Å². The molecule has 1 aromatic heterocycles. The Bertz CT molecular complexity index is 715. The van der Waals surface area contributed by atoms with E-state index >= 15 is 0 Å². The molecule has 0 radical (unpaired) electrons. The van der Waals surface area contributed by atoms with E-state index in [1.807, 2.05) is 24.3 Å². The van der Waals surface area contributed by atoms with Crippen LogP contribution in [0, 0.1) is 0 Å². The molecule has 1 heterocycles. The van der Waals surface area contributed by atoms with Crippen LogP contribution in [0.15, 0.2) is 42.7 Å². The summed E-state index contributed by atoms with van der Waals surface area (Å²) in [4.78, 5) is 20.7. The number of ether oxygens (including phenoxy) is 1. The van der Waals surface area contributed by atoms with E-state index in [0.29, 0.717) is 11.6 Å². The van der Waals surface area contributed by atoms with Crippen molar-refractivity contribution in [3.05, 3.63) is 53.9 Å². The van der Waals surface area contributed by atoms with E-state index in [-0.39, 0.29) is 23.5 Å². The van der Waals surface area contributed by atoms with Crippen LogP contribution < -0.4 is 10.1 Å². The second-order valence-corrected chi connectivity index (χ2v) is 7.92. The Morgan fingerprint density at radius 2 is 1.65 bits per heavy atom. The Kier molecular flexibility index (Phi) is 5.55. The molecule has 3 rings (SSSR count). The minimum absolute atomic E-state index is 0.00113. The standard InChI is InChI=1S/C21H27N3O2/c1-21(2,3)16-7-5-15(6-8-16)19(25)24-17-9-11-18(12-10-17)26-20-22-13-4-14-23-20/h4-8,13-14,17-18H,9-12H2,1-3H3,(H,24,25). The molecule has 1 aromatic carbocycles. The smallest absolute Gasteiger partial charge is 0.316 e. The zero-order valence-electron chi connectivity index (χ0n) is 15.7. The van der Waals surface area contributed by atoms with Crippen LogP contribution in [0.25, 0.3) is 0 Å². The van der Waals surface area contributed by atoms with Gasteiger partial charge in [-0.25, -0.2) is 9.97 Å². The van der Waals surface area contributed by atoms with E-state index in [4.69, 9.17) is 4.74 Å². The van der Waals surface area contributed by atoms with Gasteiger partial charge in [0.1, 0.15) is 6.10 Å². The minimum atomic E-state index is 0.00113. The predicted molar refractivity (Wildman–Crippen MR) is 101 cm³/mol. The lowest BCUT2D eigenvalue weighted by atomic mass is 9.86. The number of hydrogen-bond acceptors (Lipinski definition) is 4. The van der Waals surface area contributed by atoms with Crippen molar-refractivity contribution in [2.45, 2.75) is 64.0 Å². The van der Waals surface area contributed by atoms with Crippen LogP contribution in [0.4, 0.5) is 0 Å². The first-order valence-corrected chi connectivity index (χ1v) is 9.27. The van der Waals surface area contributed by atoms with E-state index in [1.165, 1.54) is 5.56 Å². The van der Waals surface area contributed by atoms with Crippen LogP contribution in [-0.4, -0.2) is 28.0 Å². The monoisotopic (exact) mass is 353 g/mol. The van der Waals surface area contributed by atoms with Crippen molar-refractivity contribution in [2.75, 3.05) is 0 Å². The molecule has 0 unspecified atom stereocenters. The molecule has 5 heteroatoms. The van der Waals surface area contributed by atoms with Gasteiger partial charge >= 0.3 is 6.01 Å². The third kappa shape index (κ3) is 4.81. The van der Waals surface area contributed by atoms with Gasteiger partial charge in [0.05, 0.1) is 0 Å². The van der Waals surface area contributed by atoms with Gasteiger partial charge in [0, 0.05) is 24.0 Å². The number of amides is 1. The maximum atomic E-state index is 12.5. The van der Waals surface area contributed by atoms with Crippen molar-refractivity contribution < 1.29 is 9.53 Å². The van der Waals surface area contributed by atoms with Crippen molar-refractivity contribution in [1.82, 2.24) is 15.3 Å². The lowest BCUT2D eigenvalue weighted by molar-refractivity contribution is 0.0885. The maximum absolute atomic E-state index is 12.5. The summed E-state index contributed by atoms with van der Waals surface area (Å²) in [6, 6.07) is 10.3. The number of hydrogen-bond donors (Lipinski definition) is 1. The zero-order chi connectivity index (χ0) is 18.6. The highest BCUT2D eigenvalue weighted by molar-refractivity contribution is 5.94. The average molecular weight is 353 g/mol. The quantitative estimate of drug-likeness (QED) is 0.905. The molecule has 1 aliphatic rings. The number of aromatic nitrogens is 2. The highest BCUT2D eigenvalue weighted by Gasteiger charge is 2.24. The summed E-state index contributed by atoms with van der Waals surface area (Å²) >= 11 is 0.